The summed E-state index contributed by atoms with van der Waals surface area (Å²) in [7, 11) is 0. The Hall–Kier alpha value is -8.40. The minimum atomic E-state index is -0.140. The molecule has 2 aliphatic rings. The zero-order valence-electron chi connectivity index (χ0n) is 41.6. The molecular weight excluding hydrogens is 875 g/mol. The van der Waals surface area contributed by atoms with Crippen molar-refractivity contribution in [1.82, 2.24) is 0 Å². The quantitative estimate of drug-likeness (QED) is 0.166. The van der Waals surface area contributed by atoms with Gasteiger partial charge in [-0.05, 0) is 114 Å². The lowest BCUT2D eigenvalue weighted by atomic mass is 9.75. The van der Waals surface area contributed by atoms with Crippen molar-refractivity contribution in [3.63, 3.8) is 0 Å². The Balaban J connectivity index is 1.17. The van der Waals surface area contributed by atoms with Gasteiger partial charge in [0, 0.05) is 38.9 Å². The van der Waals surface area contributed by atoms with Gasteiger partial charge in [0.25, 0.3) is 0 Å². The molecule has 0 N–H and O–H groups in total. The average Bonchev–Trinajstić information content (AvgIpc) is 3.79. The number of hydrogen-bond donors (Lipinski definition) is 0. The van der Waals surface area contributed by atoms with Crippen molar-refractivity contribution in [2.75, 3.05) is 4.90 Å². The number of benzene rings is 10. The number of nitrogens with zero attached hydrogens (tertiary/aromatic N) is 1. The topological polar surface area (TPSA) is 25.6 Å². The summed E-state index contributed by atoms with van der Waals surface area (Å²) in [5.41, 5.74) is 22.3. The largest absolute Gasteiger partial charge is 0.457 e. The van der Waals surface area contributed by atoms with E-state index in [0.29, 0.717) is 0 Å². The smallest absolute Gasteiger partial charge is 0.145 e. The molecule has 0 bridgehead atoms. The monoisotopic (exact) mass is 929 g/mol. The van der Waals surface area contributed by atoms with Gasteiger partial charge in [0.05, 0.1) is 17.1 Å². The lowest BCUT2D eigenvalue weighted by Gasteiger charge is -2.43. The second-order valence-electron chi connectivity index (χ2n) is 21.7. The van der Waals surface area contributed by atoms with Crippen LogP contribution in [0, 0.1) is 0 Å². The fourth-order valence-corrected chi connectivity index (χ4v) is 11.3. The zero-order valence-corrected chi connectivity index (χ0v) is 41.6. The third kappa shape index (κ3) is 7.25. The van der Waals surface area contributed by atoms with E-state index in [-0.39, 0.29) is 16.7 Å². The summed E-state index contributed by atoms with van der Waals surface area (Å²) in [6, 6.07) is 80.2. The maximum Gasteiger partial charge on any atom is 0.145 e. The first-order valence-electron chi connectivity index (χ1n) is 25.3. The molecule has 1 aromatic heterocycles. The fraction of sp³-hybridized carbons (Fsp3) is 0.130. The summed E-state index contributed by atoms with van der Waals surface area (Å²) in [5, 5.41) is 2.17. The molecule has 13 rings (SSSR count). The van der Waals surface area contributed by atoms with E-state index in [0.717, 1.165) is 106 Å². The third-order valence-electron chi connectivity index (χ3n) is 15.1. The third-order valence-corrected chi connectivity index (χ3v) is 15.1. The van der Waals surface area contributed by atoms with Gasteiger partial charge in [0.2, 0.25) is 0 Å². The van der Waals surface area contributed by atoms with Crippen molar-refractivity contribution in [1.29, 1.82) is 0 Å². The van der Waals surface area contributed by atoms with Crippen molar-refractivity contribution in [3.05, 3.63) is 246 Å². The van der Waals surface area contributed by atoms with Crippen molar-refractivity contribution < 1.29 is 9.15 Å². The number of para-hydroxylation sites is 1. The normalized spacial score (nSPS) is 13.9. The van der Waals surface area contributed by atoms with Crippen molar-refractivity contribution in [2.24, 2.45) is 0 Å². The molecule has 11 aromatic rings. The van der Waals surface area contributed by atoms with Crippen molar-refractivity contribution >= 4 is 39.0 Å². The molecule has 0 amide bonds. The van der Waals surface area contributed by atoms with Crippen LogP contribution in [-0.2, 0) is 10.8 Å². The molecule has 2 aliphatic heterocycles. The standard InChI is InChI=1S/C69H55NO2/c1-68(2,3)51-32-26-44(27-33-51)49-30-36-54-58(39-49)70(66-55(46-20-12-8-13-21-46)42-56-53-24-16-17-25-60(53)72-67(56)63(66)47-22-14-9-15-23-47)59-40-50(45-28-34-52(35-29-45)69(4,5)6)41-62-65(59)64(54)57-38-48(31-37-61(57)71-62)43-18-10-7-11-19-43/h7-42,64H,1-6H3. The molecular formula is C69H55NO2. The first-order chi connectivity index (χ1) is 35.0. The lowest BCUT2D eigenvalue weighted by molar-refractivity contribution is 0.453. The van der Waals surface area contributed by atoms with Crippen LogP contribution in [0.2, 0.25) is 0 Å². The van der Waals surface area contributed by atoms with Gasteiger partial charge in [-0.25, -0.2) is 0 Å². The van der Waals surface area contributed by atoms with Gasteiger partial charge < -0.3 is 14.1 Å². The van der Waals surface area contributed by atoms with Crippen LogP contribution in [0.25, 0.3) is 77.6 Å². The van der Waals surface area contributed by atoms with Crippen molar-refractivity contribution in [2.45, 2.75) is 58.3 Å². The molecule has 0 aliphatic carbocycles. The Morgan fingerprint density at radius 2 is 0.917 bits per heavy atom. The van der Waals surface area contributed by atoms with Gasteiger partial charge >= 0.3 is 0 Å². The van der Waals surface area contributed by atoms with Crippen LogP contribution in [-0.4, -0.2) is 0 Å². The van der Waals surface area contributed by atoms with E-state index in [4.69, 9.17) is 9.15 Å². The number of fused-ring (bicyclic) bond motifs is 7. The molecule has 0 saturated heterocycles. The Morgan fingerprint density at radius 3 is 1.57 bits per heavy atom. The molecule has 1 unspecified atom stereocenters. The van der Waals surface area contributed by atoms with E-state index in [1.54, 1.807) is 0 Å². The van der Waals surface area contributed by atoms with E-state index in [9.17, 15) is 0 Å². The molecule has 0 radical (unpaired) electrons. The lowest BCUT2D eigenvalue weighted by Crippen LogP contribution is -2.26. The number of ether oxygens (including phenoxy) is 1. The van der Waals surface area contributed by atoms with E-state index in [1.165, 1.54) is 27.8 Å². The van der Waals surface area contributed by atoms with Gasteiger partial charge in [-0.3, -0.25) is 0 Å². The molecule has 0 fully saturated rings. The Labute approximate surface area is 422 Å². The second-order valence-corrected chi connectivity index (χ2v) is 21.7. The number of rotatable bonds is 6. The summed E-state index contributed by atoms with van der Waals surface area (Å²) in [6.07, 6.45) is 0. The van der Waals surface area contributed by atoms with E-state index < -0.39 is 0 Å². The maximum absolute atomic E-state index is 7.28. The molecule has 72 heavy (non-hydrogen) atoms. The van der Waals surface area contributed by atoms with Crippen LogP contribution in [0.5, 0.6) is 11.5 Å². The highest BCUT2D eigenvalue weighted by Crippen LogP contribution is 2.63. The van der Waals surface area contributed by atoms with Crippen LogP contribution in [0.1, 0.15) is 75.3 Å². The highest BCUT2D eigenvalue weighted by atomic mass is 16.5. The number of furan rings is 1. The Morgan fingerprint density at radius 1 is 0.389 bits per heavy atom. The summed E-state index contributed by atoms with van der Waals surface area (Å²) < 4.78 is 14.4. The highest BCUT2D eigenvalue weighted by molar-refractivity contribution is 6.17. The minimum absolute atomic E-state index is 0.0152. The molecule has 10 aromatic carbocycles. The van der Waals surface area contributed by atoms with Crippen LogP contribution in [0.3, 0.4) is 0 Å². The van der Waals surface area contributed by atoms with Gasteiger partial charge in [-0.15, -0.1) is 0 Å². The molecule has 3 heterocycles. The van der Waals surface area contributed by atoms with Gasteiger partial charge in [-0.1, -0.05) is 217 Å². The van der Waals surface area contributed by atoms with Gasteiger partial charge in [-0.2, -0.15) is 0 Å². The predicted octanol–water partition coefficient (Wildman–Crippen LogP) is 19.6. The maximum atomic E-state index is 7.28. The summed E-state index contributed by atoms with van der Waals surface area (Å²) in [4.78, 5) is 2.57. The molecule has 0 spiro atoms. The van der Waals surface area contributed by atoms with E-state index in [2.05, 4.69) is 265 Å². The molecule has 3 nitrogen and oxygen atoms in total. The Kier molecular flexibility index (Phi) is 10.1. The molecule has 0 saturated carbocycles. The first kappa shape index (κ1) is 43.6. The van der Waals surface area contributed by atoms with E-state index in [1.807, 2.05) is 0 Å². The first-order valence-corrected chi connectivity index (χ1v) is 25.3. The Bertz CT molecular complexity index is 3870. The van der Waals surface area contributed by atoms with Crippen LogP contribution < -0.4 is 9.64 Å². The fourth-order valence-electron chi connectivity index (χ4n) is 11.3. The van der Waals surface area contributed by atoms with Gasteiger partial charge in [0.1, 0.15) is 22.7 Å². The minimum Gasteiger partial charge on any atom is -0.457 e. The highest BCUT2D eigenvalue weighted by Gasteiger charge is 2.42. The van der Waals surface area contributed by atoms with Crippen LogP contribution in [0.15, 0.2) is 223 Å². The molecule has 1 atom stereocenters. The van der Waals surface area contributed by atoms with Gasteiger partial charge in [0.15, 0.2) is 0 Å². The van der Waals surface area contributed by atoms with Crippen LogP contribution >= 0.6 is 0 Å². The summed E-state index contributed by atoms with van der Waals surface area (Å²) in [5.74, 6) is 1.59. The average molecular weight is 930 g/mol. The molecule has 348 valence electrons. The zero-order chi connectivity index (χ0) is 48.9. The SMILES string of the molecule is CC(C)(C)c1ccc(-c2ccc3c(c2)N(c2c(-c4ccccc4)cc4c(oc5ccccc54)c2-c2ccccc2)c2cc(-c4ccc(C(C)(C)C)cc4)cc4c2C3c2cc(-c3ccccc3)ccc2O4)cc1. The van der Waals surface area contributed by atoms with Crippen molar-refractivity contribution in [3.8, 4) is 67.1 Å². The number of hydrogen-bond acceptors (Lipinski definition) is 3. The number of anilines is 3. The van der Waals surface area contributed by atoms with E-state index >= 15 is 0 Å². The summed E-state index contributed by atoms with van der Waals surface area (Å²) >= 11 is 0. The molecule has 3 heteroatoms. The summed E-state index contributed by atoms with van der Waals surface area (Å²) in [6.45, 7) is 13.7. The second kappa shape index (κ2) is 16.6. The van der Waals surface area contributed by atoms with Crippen LogP contribution in [0.4, 0.5) is 17.1 Å². The predicted molar refractivity (Wildman–Crippen MR) is 300 cm³/mol.